The Morgan fingerprint density at radius 3 is 2.67 bits per heavy atom. The van der Waals surface area contributed by atoms with Gasteiger partial charge in [0.25, 0.3) is 0 Å². The summed E-state index contributed by atoms with van der Waals surface area (Å²) in [5.41, 5.74) is 0. The fourth-order valence-electron chi connectivity index (χ4n) is 0.622. The number of ether oxygens (including phenoxy) is 1. The highest BCUT2D eigenvalue weighted by Gasteiger charge is 2.08. The average Bonchev–Trinajstić information content (AvgIpc) is 2.06. The molecular formula is C7H8N2O3. The maximum absolute atomic E-state index is 10.9. The van der Waals surface area contributed by atoms with Crippen LogP contribution in [-0.4, -0.2) is 27.7 Å². The molecule has 1 rings (SSSR count). The van der Waals surface area contributed by atoms with Gasteiger partial charge in [-0.3, -0.25) is 0 Å². The molecule has 0 aromatic carbocycles. The Kier molecular flexibility index (Phi) is 2.57. The zero-order chi connectivity index (χ0) is 8.97. The van der Waals surface area contributed by atoms with E-state index in [1.807, 2.05) is 0 Å². The molecule has 0 bridgehead atoms. The molecule has 1 N–H and O–H groups in total. The van der Waals surface area contributed by atoms with Gasteiger partial charge in [-0.15, -0.1) is 0 Å². The fourth-order valence-corrected chi connectivity index (χ4v) is 0.622. The number of esters is 1. The zero-order valence-corrected chi connectivity index (χ0v) is 6.52. The summed E-state index contributed by atoms with van der Waals surface area (Å²) in [6.45, 7) is 1.97. The molecule has 0 radical (unpaired) electrons. The number of hydrogen-bond donors (Lipinski definition) is 1. The normalized spacial score (nSPS) is 9.42. The summed E-state index contributed by atoms with van der Waals surface area (Å²) in [5, 5.41) is 8.79. The van der Waals surface area contributed by atoms with Crippen LogP contribution < -0.4 is 0 Å². The van der Waals surface area contributed by atoms with Crippen molar-refractivity contribution < 1.29 is 14.6 Å². The van der Waals surface area contributed by atoms with Crippen molar-refractivity contribution in [2.45, 2.75) is 6.92 Å². The molecule has 0 unspecified atom stereocenters. The van der Waals surface area contributed by atoms with E-state index in [2.05, 4.69) is 14.7 Å². The highest BCUT2D eigenvalue weighted by Crippen LogP contribution is 2.02. The summed E-state index contributed by atoms with van der Waals surface area (Å²) < 4.78 is 4.62. The maximum atomic E-state index is 10.9. The number of aromatic hydroxyl groups is 1. The third-order valence-electron chi connectivity index (χ3n) is 1.10. The summed E-state index contributed by atoms with van der Waals surface area (Å²) in [6.07, 6.45) is 2.28. The number of carbonyl (C=O) groups excluding carboxylic acids is 1. The van der Waals surface area contributed by atoms with E-state index in [0.29, 0.717) is 0 Å². The van der Waals surface area contributed by atoms with Crippen LogP contribution in [-0.2, 0) is 4.74 Å². The van der Waals surface area contributed by atoms with Crippen molar-refractivity contribution in [3.8, 4) is 5.75 Å². The van der Waals surface area contributed by atoms with E-state index in [-0.39, 0.29) is 18.2 Å². The molecule has 0 aliphatic rings. The Morgan fingerprint density at radius 2 is 2.17 bits per heavy atom. The molecule has 5 nitrogen and oxygen atoms in total. The first-order valence-corrected chi connectivity index (χ1v) is 3.42. The number of rotatable bonds is 2. The van der Waals surface area contributed by atoms with Gasteiger partial charge in [-0.2, -0.15) is 0 Å². The Bertz CT molecular complexity index is 270. The van der Waals surface area contributed by atoms with Crippen molar-refractivity contribution in [2.75, 3.05) is 6.61 Å². The third kappa shape index (κ3) is 1.91. The number of aromatic nitrogens is 2. The highest BCUT2D eigenvalue weighted by molar-refractivity contribution is 5.84. The van der Waals surface area contributed by atoms with Crippen LogP contribution in [0, 0.1) is 0 Å². The Morgan fingerprint density at radius 1 is 1.58 bits per heavy atom. The maximum Gasteiger partial charge on any atom is 0.376 e. The monoisotopic (exact) mass is 168 g/mol. The Balaban J connectivity index is 2.75. The lowest BCUT2D eigenvalue weighted by molar-refractivity contribution is 0.0512. The van der Waals surface area contributed by atoms with Crippen LogP contribution >= 0.6 is 0 Å². The van der Waals surface area contributed by atoms with E-state index in [1.54, 1.807) is 6.92 Å². The molecule has 1 aromatic heterocycles. The van der Waals surface area contributed by atoms with Crippen LogP contribution in [0.5, 0.6) is 5.75 Å². The molecule has 1 aromatic rings. The molecule has 5 heteroatoms. The van der Waals surface area contributed by atoms with Gasteiger partial charge in [0.1, 0.15) is 0 Å². The second kappa shape index (κ2) is 3.66. The van der Waals surface area contributed by atoms with E-state index in [1.165, 1.54) is 0 Å². The predicted molar refractivity (Wildman–Crippen MR) is 39.7 cm³/mol. The van der Waals surface area contributed by atoms with Gasteiger partial charge in [0, 0.05) is 0 Å². The topological polar surface area (TPSA) is 72.3 Å². The molecule has 0 spiro atoms. The molecule has 1 heterocycles. The highest BCUT2D eigenvalue weighted by atomic mass is 16.5. The third-order valence-corrected chi connectivity index (χ3v) is 1.10. The second-order valence-electron chi connectivity index (χ2n) is 1.99. The summed E-state index contributed by atoms with van der Waals surface area (Å²) in [5.74, 6) is -0.713. The summed E-state index contributed by atoms with van der Waals surface area (Å²) in [4.78, 5) is 18.0. The molecule has 0 fully saturated rings. The zero-order valence-electron chi connectivity index (χ0n) is 6.52. The molecule has 0 saturated heterocycles. The van der Waals surface area contributed by atoms with Crippen LogP contribution in [0.15, 0.2) is 12.4 Å². The minimum absolute atomic E-state index is 0.0466. The van der Waals surface area contributed by atoms with Gasteiger partial charge in [0.05, 0.1) is 19.0 Å². The molecule has 0 saturated carbocycles. The Hall–Kier alpha value is -1.65. The molecule has 0 atom stereocenters. The SMILES string of the molecule is CCOC(=O)c1ncc(O)cn1. The largest absolute Gasteiger partial charge is 0.505 e. The predicted octanol–water partition coefficient (Wildman–Crippen LogP) is 0.359. The van der Waals surface area contributed by atoms with Crippen LogP contribution in [0.2, 0.25) is 0 Å². The van der Waals surface area contributed by atoms with E-state index in [9.17, 15) is 4.79 Å². The van der Waals surface area contributed by atoms with E-state index in [4.69, 9.17) is 5.11 Å². The molecule has 0 aliphatic heterocycles. The van der Waals surface area contributed by atoms with Crippen LogP contribution in [0.4, 0.5) is 0 Å². The Labute approximate surface area is 69.0 Å². The van der Waals surface area contributed by atoms with Gasteiger partial charge < -0.3 is 9.84 Å². The van der Waals surface area contributed by atoms with Crippen molar-refractivity contribution >= 4 is 5.97 Å². The van der Waals surface area contributed by atoms with Crippen LogP contribution in [0.25, 0.3) is 0 Å². The van der Waals surface area contributed by atoms with Crippen molar-refractivity contribution in [1.29, 1.82) is 0 Å². The summed E-state index contributed by atoms with van der Waals surface area (Å²) in [7, 11) is 0. The first-order valence-electron chi connectivity index (χ1n) is 3.42. The number of carbonyl (C=O) groups is 1. The van der Waals surface area contributed by atoms with E-state index in [0.717, 1.165) is 12.4 Å². The lowest BCUT2D eigenvalue weighted by atomic mass is 10.5. The molecule has 0 aliphatic carbocycles. The second-order valence-corrected chi connectivity index (χ2v) is 1.99. The van der Waals surface area contributed by atoms with Gasteiger partial charge in [0.15, 0.2) is 5.75 Å². The molecular weight excluding hydrogens is 160 g/mol. The van der Waals surface area contributed by atoms with Crippen molar-refractivity contribution in [1.82, 2.24) is 9.97 Å². The molecule has 64 valence electrons. The van der Waals surface area contributed by atoms with E-state index < -0.39 is 5.97 Å². The molecule has 12 heavy (non-hydrogen) atoms. The minimum Gasteiger partial charge on any atom is -0.505 e. The fraction of sp³-hybridized carbons (Fsp3) is 0.286. The summed E-state index contributed by atoms with van der Waals surface area (Å²) >= 11 is 0. The van der Waals surface area contributed by atoms with Crippen molar-refractivity contribution in [2.24, 2.45) is 0 Å². The van der Waals surface area contributed by atoms with Crippen molar-refractivity contribution in [3.63, 3.8) is 0 Å². The van der Waals surface area contributed by atoms with Crippen LogP contribution in [0.1, 0.15) is 17.5 Å². The first kappa shape index (κ1) is 8.45. The van der Waals surface area contributed by atoms with E-state index >= 15 is 0 Å². The van der Waals surface area contributed by atoms with Gasteiger partial charge in [0.2, 0.25) is 5.82 Å². The van der Waals surface area contributed by atoms with Gasteiger partial charge in [-0.1, -0.05) is 0 Å². The van der Waals surface area contributed by atoms with Gasteiger partial charge in [-0.05, 0) is 6.92 Å². The number of hydrogen-bond acceptors (Lipinski definition) is 5. The summed E-state index contributed by atoms with van der Waals surface area (Å²) in [6, 6.07) is 0. The standard InChI is InChI=1S/C7H8N2O3/c1-2-12-7(11)6-8-3-5(10)4-9-6/h3-4,10H,2H2,1H3. The van der Waals surface area contributed by atoms with Gasteiger partial charge >= 0.3 is 5.97 Å². The van der Waals surface area contributed by atoms with Crippen LogP contribution in [0.3, 0.4) is 0 Å². The lowest BCUT2D eigenvalue weighted by Crippen LogP contribution is -2.08. The lowest BCUT2D eigenvalue weighted by Gasteiger charge is -1.98. The number of nitrogens with zero attached hydrogens (tertiary/aromatic N) is 2. The minimum atomic E-state index is -0.586. The quantitative estimate of drug-likeness (QED) is 0.645. The smallest absolute Gasteiger partial charge is 0.376 e. The van der Waals surface area contributed by atoms with Crippen molar-refractivity contribution in [3.05, 3.63) is 18.2 Å². The molecule has 0 amide bonds. The van der Waals surface area contributed by atoms with Gasteiger partial charge in [-0.25, -0.2) is 14.8 Å². The first-order chi connectivity index (χ1) is 5.74. The average molecular weight is 168 g/mol.